The van der Waals surface area contributed by atoms with Gasteiger partial charge in [0.05, 0.1) is 5.76 Å². The molecule has 0 saturated heterocycles. The molecule has 1 rings (SSSR count). The van der Waals surface area contributed by atoms with Gasteiger partial charge < -0.3 is 10.4 Å². The molecule has 3 nitrogen and oxygen atoms in total. The van der Waals surface area contributed by atoms with Gasteiger partial charge in [-0.3, -0.25) is 4.79 Å². The SMILES string of the molecule is C/C(O)=C/C(=O)Nc1ccccc1. The van der Waals surface area contributed by atoms with E-state index in [1.54, 1.807) is 12.1 Å². The zero-order valence-electron chi connectivity index (χ0n) is 7.32. The first-order valence-electron chi connectivity index (χ1n) is 3.92. The molecule has 0 atom stereocenters. The first-order chi connectivity index (χ1) is 6.18. The van der Waals surface area contributed by atoms with Crippen molar-refractivity contribution in [3.05, 3.63) is 42.2 Å². The second-order valence-corrected chi connectivity index (χ2v) is 2.64. The predicted octanol–water partition coefficient (Wildman–Crippen LogP) is 2.09. The van der Waals surface area contributed by atoms with Crippen molar-refractivity contribution in [1.29, 1.82) is 0 Å². The Morgan fingerprint density at radius 3 is 2.54 bits per heavy atom. The number of anilines is 1. The normalized spacial score (nSPS) is 11.0. The van der Waals surface area contributed by atoms with E-state index in [-0.39, 0.29) is 11.7 Å². The average Bonchev–Trinajstić information content (AvgIpc) is 2.04. The summed E-state index contributed by atoms with van der Waals surface area (Å²) in [5.74, 6) is -0.334. The molecule has 0 unspecified atom stereocenters. The molecule has 0 aliphatic rings. The Morgan fingerprint density at radius 2 is 2.00 bits per heavy atom. The molecule has 0 bridgehead atoms. The van der Waals surface area contributed by atoms with E-state index < -0.39 is 0 Å². The van der Waals surface area contributed by atoms with E-state index in [0.717, 1.165) is 6.08 Å². The van der Waals surface area contributed by atoms with Crippen molar-refractivity contribution in [3.63, 3.8) is 0 Å². The van der Waals surface area contributed by atoms with E-state index in [1.165, 1.54) is 6.92 Å². The summed E-state index contributed by atoms with van der Waals surface area (Å²) in [6.07, 6.45) is 1.13. The minimum Gasteiger partial charge on any atom is -0.512 e. The highest BCUT2D eigenvalue weighted by Crippen LogP contribution is 2.04. The smallest absolute Gasteiger partial charge is 0.251 e. The number of carbonyl (C=O) groups excluding carboxylic acids is 1. The van der Waals surface area contributed by atoms with Crippen molar-refractivity contribution in [3.8, 4) is 0 Å². The third kappa shape index (κ3) is 3.42. The van der Waals surface area contributed by atoms with E-state index in [2.05, 4.69) is 5.32 Å². The highest BCUT2D eigenvalue weighted by atomic mass is 16.3. The van der Waals surface area contributed by atoms with Crippen LogP contribution in [0, 0.1) is 0 Å². The molecule has 13 heavy (non-hydrogen) atoms. The van der Waals surface area contributed by atoms with Crippen LogP contribution in [0.5, 0.6) is 0 Å². The highest BCUT2D eigenvalue weighted by molar-refractivity contribution is 5.99. The van der Waals surface area contributed by atoms with Gasteiger partial charge in [-0.25, -0.2) is 0 Å². The summed E-state index contributed by atoms with van der Waals surface area (Å²) in [6.45, 7) is 1.45. The second kappa shape index (κ2) is 4.30. The third-order valence-electron chi connectivity index (χ3n) is 1.38. The van der Waals surface area contributed by atoms with Crippen LogP contribution in [-0.2, 0) is 4.79 Å². The molecule has 1 aromatic carbocycles. The van der Waals surface area contributed by atoms with Crippen molar-refractivity contribution in [1.82, 2.24) is 0 Å². The summed E-state index contributed by atoms with van der Waals surface area (Å²) in [4.78, 5) is 11.1. The number of aliphatic hydroxyl groups excluding tert-OH is 1. The fourth-order valence-electron chi connectivity index (χ4n) is 0.890. The fourth-order valence-corrected chi connectivity index (χ4v) is 0.890. The zero-order chi connectivity index (χ0) is 9.68. The summed E-state index contributed by atoms with van der Waals surface area (Å²) in [7, 11) is 0. The summed E-state index contributed by atoms with van der Waals surface area (Å²) < 4.78 is 0. The Labute approximate surface area is 76.7 Å². The molecule has 3 heteroatoms. The molecule has 0 saturated carbocycles. The van der Waals surface area contributed by atoms with Crippen molar-refractivity contribution in [2.75, 3.05) is 5.32 Å². The van der Waals surface area contributed by atoms with Gasteiger partial charge in [0.25, 0.3) is 5.91 Å². The standard InChI is InChI=1S/C10H11NO2/c1-8(12)7-10(13)11-9-5-3-2-4-6-9/h2-7,12H,1H3,(H,11,13)/b8-7-. The van der Waals surface area contributed by atoms with E-state index in [1.807, 2.05) is 18.2 Å². The van der Waals surface area contributed by atoms with Gasteiger partial charge in [0.15, 0.2) is 0 Å². The minimum atomic E-state index is -0.328. The van der Waals surface area contributed by atoms with Crippen LogP contribution in [0.15, 0.2) is 42.2 Å². The van der Waals surface area contributed by atoms with Crippen LogP contribution >= 0.6 is 0 Å². The monoisotopic (exact) mass is 177 g/mol. The molecule has 2 N–H and O–H groups in total. The van der Waals surface area contributed by atoms with Crippen LogP contribution in [0.25, 0.3) is 0 Å². The molecular formula is C10H11NO2. The van der Waals surface area contributed by atoms with Gasteiger partial charge in [-0.1, -0.05) is 18.2 Å². The Morgan fingerprint density at radius 1 is 1.38 bits per heavy atom. The first-order valence-corrected chi connectivity index (χ1v) is 3.92. The maximum absolute atomic E-state index is 11.1. The summed E-state index contributed by atoms with van der Waals surface area (Å²) in [5, 5.41) is 11.4. The van der Waals surface area contributed by atoms with Crippen LogP contribution in [0.3, 0.4) is 0 Å². The average molecular weight is 177 g/mol. The molecule has 0 heterocycles. The lowest BCUT2D eigenvalue weighted by Gasteiger charge is -2.00. The number of nitrogens with one attached hydrogen (secondary N) is 1. The van der Waals surface area contributed by atoms with Crippen molar-refractivity contribution in [2.45, 2.75) is 6.92 Å². The molecule has 1 amide bonds. The lowest BCUT2D eigenvalue weighted by atomic mass is 10.3. The van der Waals surface area contributed by atoms with Crippen LogP contribution in [0.2, 0.25) is 0 Å². The second-order valence-electron chi connectivity index (χ2n) is 2.64. The minimum absolute atomic E-state index is 0.00608. The Hall–Kier alpha value is -1.77. The largest absolute Gasteiger partial charge is 0.512 e. The fraction of sp³-hybridized carbons (Fsp3) is 0.100. The number of para-hydroxylation sites is 1. The maximum Gasteiger partial charge on any atom is 0.251 e. The number of allylic oxidation sites excluding steroid dienone is 1. The van der Waals surface area contributed by atoms with E-state index >= 15 is 0 Å². The van der Waals surface area contributed by atoms with Gasteiger partial charge in [-0.2, -0.15) is 0 Å². The van der Waals surface area contributed by atoms with E-state index in [4.69, 9.17) is 5.11 Å². The number of benzene rings is 1. The van der Waals surface area contributed by atoms with Crippen molar-refractivity contribution >= 4 is 11.6 Å². The van der Waals surface area contributed by atoms with Crippen LogP contribution in [-0.4, -0.2) is 11.0 Å². The zero-order valence-corrected chi connectivity index (χ0v) is 7.32. The number of hydrogen-bond donors (Lipinski definition) is 2. The topological polar surface area (TPSA) is 49.3 Å². The number of amides is 1. The molecule has 68 valence electrons. The summed E-state index contributed by atoms with van der Waals surface area (Å²) in [6, 6.07) is 9.07. The lowest BCUT2D eigenvalue weighted by molar-refractivity contribution is -0.112. The van der Waals surface area contributed by atoms with E-state index in [9.17, 15) is 4.79 Å². The number of rotatable bonds is 2. The Kier molecular flexibility index (Phi) is 3.09. The number of carbonyl (C=O) groups is 1. The van der Waals surface area contributed by atoms with Crippen molar-refractivity contribution < 1.29 is 9.90 Å². The quantitative estimate of drug-likeness (QED) is 0.536. The van der Waals surface area contributed by atoms with Gasteiger partial charge >= 0.3 is 0 Å². The van der Waals surface area contributed by atoms with Gasteiger partial charge in [0, 0.05) is 11.8 Å². The lowest BCUT2D eigenvalue weighted by Crippen LogP contribution is -2.08. The Balaban J connectivity index is 2.61. The van der Waals surface area contributed by atoms with E-state index in [0.29, 0.717) is 5.69 Å². The van der Waals surface area contributed by atoms with Crippen LogP contribution < -0.4 is 5.32 Å². The van der Waals surface area contributed by atoms with Gasteiger partial charge in [0.2, 0.25) is 0 Å². The molecule has 0 aromatic heterocycles. The molecular weight excluding hydrogens is 166 g/mol. The maximum atomic E-state index is 11.1. The van der Waals surface area contributed by atoms with Crippen LogP contribution in [0.1, 0.15) is 6.92 Å². The van der Waals surface area contributed by atoms with Gasteiger partial charge in [-0.05, 0) is 19.1 Å². The Bertz CT molecular complexity index is 313. The molecule has 0 spiro atoms. The summed E-state index contributed by atoms with van der Waals surface area (Å²) >= 11 is 0. The molecule has 1 aromatic rings. The third-order valence-corrected chi connectivity index (χ3v) is 1.38. The number of hydrogen-bond acceptors (Lipinski definition) is 2. The highest BCUT2D eigenvalue weighted by Gasteiger charge is 1.96. The van der Waals surface area contributed by atoms with Crippen molar-refractivity contribution in [2.24, 2.45) is 0 Å². The number of aliphatic hydroxyl groups is 1. The first kappa shape index (κ1) is 9.32. The molecule has 0 aliphatic heterocycles. The molecule has 0 radical (unpaired) electrons. The molecule has 0 fully saturated rings. The van der Waals surface area contributed by atoms with Gasteiger partial charge in [-0.15, -0.1) is 0 Å². The molecule has 0 aliphatic carbocycles. The predicted molar refractivity (Wildman–Crippen MR) is 51.5 cm³/mol. The van der Waals surface area contributed by atoms with Crippen LogP contribution in [0.4, 0.5) is 5.69 Å². The van der Waals surface area contributed by atoms with Gasteiger partial charge in [0.1, 0.15) is 0 Å². The summed E-state index contributed by atoms with van der Waals surface area (Å²) in [5.41, 5.74) is 0.713.